The maximum Gasteiger partial charge on any atom is 0.255 e. The second-order valence-electron chi connectivity index (χ2n) is 5.61. The highest BCUT2D eigenvalue weighted by Crippen LogP contribution is 2.27. The highest BCUT2D eigenvalue weighted by molar-refractivity contribution is 5.98. The second-order valence-corrected chi connectivity index (χ2v) is 5.61. The molecule has 2 unspecified atom stereocenters. The predicted octanol–water partition coefficient (Wildman–Crippen LogP) is 1.16. The van der Waals surface area contributed by atoms with Crippen LogP contribution in [0.3, 0.4) is 0 Å². The maximum atomic E-state index is 13.2. The first-order valence-corrected chi connectivity index (χ1v) is 7.09. The minimum Gasteiger partial charge on any atom is -0.383 e. The van der Waals surface area contributed by atoms with Gasteiger partial charge in [0.25, 0.3) is 5.91 Å². The Balaban J connectivity index is 1.65. The molecule has 1 aromatic heterocycles. The van der Waals surface area contributed by atoms with E-state index in [-0.39, 0.29) is 23.3 Å². The third kappa shape index (κ3) is 2.60. The first-order chi connectivity index (χ1) is 9.63. The minimum absolute atomic E-state index is 0.0715. The van der Waals surface area contributed by atoms with E-state index < -0.39 is 5.82 Å². The number of rotatable bonds is 2. The van der Waals surface area contributed by atoms with Crippen LogP contribution in [-0.4, -0.2) is 41.0 Å². The van der Waals surface area contributed by atoms with Gasteiger partial charge in [0.2, 0.25) is 0 Å². The number of hydrogen-bond acceptors (Lipinski definition) is 4. The van der Waals surface area contributed by atoms with Crippen molar-refractivity contribution in [3.05, 3.63) is 23.6 Å². The number of anilines is 1. The monoisotopic (exact) mass is 278 g/mol. The largest absolute Gasteiger partial charge is 0.383 e. The number of nitrogen functional groups attached to an aromatic ring is 1. The fraction of sp³-hybridized carbons (Fsp3) is 0.571. The van der Waals surface area contributed by atoms with Gasteiger partial charge in [0.15, 0.2) is 0 Å². The molecule has 0 aromatic carbocycles. The summed E-state index contributed by atoms with van der Waals surface area (Å²) in [5.74, 6) is -0.803. The van der Waals surface area contributed by atoms with Crippen molar-refractivity contribution in [2.24, 2.45) is 0 Å². The van der Waals surface area contributed by atoms with Gasteiger partial charge in [0.1, 0.15) is 11.6 Å². The lowest BCUT2D eigenvalue weighted by atomic mass is 9.97. The summed E-state index contributed by atoms with van der Waals surface area (Å²) >= 11 is 0. The topological polar surface area (TPSA) is 71.2 Å². The number of carbonyl (C=O) groups excluding carboxylic acids is 1. The van der Waals surface area contributed by atoms with Crippen molar-refractivity contribution in [1.29, 1.82) is 0 Å². The Morgan fingerprint density at radius 1 is 1.45 bits per heavy atom. The molecular formula is C14H19FN4O. The summed E-state index contributed by atoms with van der Waals surface area (Å²) in [5.41, 5.74) is 5.76. The molecule has 1 amide bonds. The van der Waals surface area contributed by atoms with Crippen LogP contribution < -0.4 is 11.1 Å². The number of nitrogens with one attached hydrogen (secondary N) is 1. The van der Waals surface area contributed by atoms with Gasteiger partial charge in [0.05, 0.1) is 11.8 Å². The third-order valence-electron chi connectivity index (χ3n) is 4.29. The molecular weight excluding hydrogens is 259 g/mol. The van der Waals surface area contributed by atoms with E-state index in [1.807, 2.05) is 0 Å². The number of pyridine rings is 1. The number of nitrogens with zero attached hydrogens (tertiary/aromatic N) is 2. The Bertz CT molecular complexity index is 522. The summed E-state index contributed by atoms with van der Waals surface area (Å²) in [7, 11) is 0. The molecule has 2 saturated heterocycles. The van der Waals surface area contributed by atoms with E-state index >= 15 is 0 Å². The minimum atomic E-state index is -0.546. The van der Waals surface area contributed by atoms with Crippen molar-refractivity contribution in [1.82, 2.24) is 15.2 Å². The molecule has 20 heavy (non-hydrogen) atoms. The summed E-state index contributed by atoms with van der Waals surface area (Å²) in [6.45, 7) is 2.19. The van der Waals surface area contributed by atoms with Crippen LogP contribution in [0, 0.1) is 5.82 Å². The van der Waals surface area contributed by atoms with Gasteiger partial charge in [-0.25, -0.2) is 9.37 Å². The molecule has 6 heteroatoms. The Hall–Kier alpha value is -1.69. The standard InChI is InChI=1S/C14H19FN4O/c15-9-6-12(13(16)17-8-9)14(20)18-10-3-5-19-4-1-2-11(19)7-10/h6,8,10-11H,1-5,7H2,(H2,16,17)(H,18,20). The highest BCUT2D eigenvalue weighted by atomic mass is 19.1. The van der Waals surface area contributed by atoms with Gasteiger partial charge < -0.3 is 16.0 Å². The number of carbonyl (C=O) groups is 1. The average molecular weight is 278 g/mol. The first-order valence-electron chi connectivity index (χ1n) is 7.09. The second kappa shape index (κ2) is 5.36. The Morgan fingerprint density at radius 2 is 2.30 bits per heavy atom. The zero-order valence-corrected chi connectivity index (χ0v) is 11.3. The van der Waals surface area contributed by atoms with E-state index in [2.05, 4.69) is 15.2 Å². The van der Waals surface area contributed by atoms with Gasteiger partial charge in [-0.15, -0.1) is 0 Å². The molecule has 2 aliphatic rings. The molecule has 1 aromatic rings. The maximum absolute atomic E-state index is 13.2. The number of hydrogen-bond donors (Lipinski definition) is 2. The fourth-order valence-corrected chi connectivity index (χ4v) is 3.25. The van der Waals surface area contributed by atoms with Crippen LogP contribution in [0.5, 0.6) is 0 Å². The quantitative estimate of drug-likeness (QED) is 0.851. The van der Waals surface area contributed by atoms with Gasteiger partial charge in [-0.05, 0) is 38.3 Å². The zero-order chi connectivity index (χ0) is 14.1. The van der Waals surface area contributed by atoms with Gasteiger partial charge in [-0.2, -0.15) is 0 Å². The molecule has 108 valence electrons. The number of aromatic nitrogens is 1. The lowest BCUT2D eigenvalue weighted by molar-refractivity contribution is 0.0896. The summed E-state index contributed by atoms with van der Waals surface area (Å²) in [6, 6.07) is 1.86. The molecule has 0 radical (unpaired) electrons. The number of fused-ring (bicyclic) bond motifs is 1. The van der Waals surface area contributed by atoms with Gasteiger partial charge in [-0.1, -0.05) is 0 Å². The molecule has 2 atom stereocenters. The molecule has 3 rings (SSSR count). The summed E-state index contributed by atoms with van der Waals surface area (Å²) in [6.07, 6.45) is 5.37. The molecule has 0 saturated carbocycles. The van der Waals surface area contributed by atoms with Crippen LogP contribution in [0.1, 0.15) is 36.0 Å². The van der Waals surface area contributed by atoms with Crippen molar-refractivity contribution in [3.63, 3.8) is 0 Å². The molecule has 3 heterocycles. The van der Waals surface area contributed by atoms with E-state index in [1.54, 1.807) is 0 Å². The molecule has 5 nitrogen and oxygen atoms in total. The average Bonchev–Trinajstić information content (AvgIpc) is 2.89. The van der Waals surface area contributed by atoms with E-state index in [0.717, 1.165) is 31.6 Å². The molecule has 2 fully saturated rings. The van der Waals surface area contributed by atoms with Crippen LogP contribution in [0.4, 0.5) is 10.2 Å². The van der Waals surface area contributed by atoms with E-state index in [0.29, 0.717) is 6.04 Å². The van der Waals surface area contributed by atoms with Crippen LogP contribution in [-0.2, 0) is 0 Å². The summed E-state index contributed by atoms with van der Waals surface area (Å²) in [5, 5.41) is 2.96. The number of piperidine rings is 1. The van der Waals surface area contributed by atoms with Crippen molar-refractivity contribution < 1.29 is 9.18 Å². The van der Waals surface area contributed by atoms with Crippen molar-refractivity contribution in [2.45, 2.75) is 37.8 Å². The Labute approximate surface area is 117 Å². The van der Waals surface area contributed by atoms with Gasteiger partial charge >= 0.3 is 0 Å². The number of amides is 1. The van der Waals surface area contributed by atoms with Crippen LogP contribution in [0.15, 0.2) is 12.3 Å². The number of nitrogens with two attached hydrogens (primary N) is 1. The van der Waals surface area contributed by atoms with Crippen molar-refractivity contribution in [2.75, 3.05) is 18.8 Å². The summed E-state index contributed by atoms with van der Waals surface area (Å²) in [4.78, 5) is 18.3. The Morgan fingerprint density at radius 3 is 3.15 bits per heavy atom. The SMILES string of the molecule is Nc1ncc(F)cc1C(=O)NC1CCN2CCCC2C1. The van der Waals surface area contributed by atoms with E-state index in [9.17, 15) is 9.18 Å². The highest BCUT2D eigenvalue weighted by Gasteiger charge is 2.32. The fourth-order valence-electron chi connectivity index (χ4n) is 3.25. The molecule has 2 aliphatic heterocycles. The normalized spacial score (nSPS) is 26.2. The van der Waals surface area contributed by atoms with Crippen LogP contribution >= 0.6 is 0 Å². The van der Waals surface area contributed by atoms with E-state index in [4.69, 9.17) is 5.73 Å². The van der Waals surface area contributed by atoms with Crippen LogP contribution in [0.25, 0.3) is 0 Å². The molecule has 0 spiro atoms. The number of halogens is 1. The van der Waals surface area contributed by atoms with Crippen molar-refractivity contribution >= 4 is 11.7 Å². The zero-order valence-electron chi connectivity index (χ0n) is 11.3. The molecule has 0 aliphatic carbocycles. The summed E-state index contributed by atoms with van der Waals surface area (Å²) < 4.78 is 13.2. The molecule has 0 bridgehead atoms. The van der Waals surface area contributed by atoms with Gasteiger partial charge in [0, 0.05) is 18.6 Å². The lowest BCUT2D eigenvalue weighted by Gasteiger charge is -2.35. The van der Waals surface area contributed by atoms with Crippen LogP contribution in [0.2, 0.25) is 0 Å². The lowest BCUT2D eigenvalue weighted by Crippen LogP contribution is -2.47. The smallest absolute Gasteiger partial charge is 0.255 e. The third-order valence-corrected chi connectivity index (χ3v) is 4.29. The Kier molecular flexibility index (Phi) is 3.56. The van der Waals surface area contributed by atoms with E-state index in [1.165, 1.54) is 19.4 Å². The van der Waals surface area contributed by atoms with Crippen molar-refractivity contribution in [3.8, 4) is 0 Å². The predicted molar refractivity (Wildman–Crippen MR) is 73.7 cm³/mol. The van der Waals surface area contributed by atoms with Gasteiger partial charge in [-0.3, -0.25) is 4.79 Å². The first kappa shape index (κ1) is 13.3. The molecule has 3 N–H and O–H groups in total.